The average molecular weight is 700 g/mol. The maximum absolute atomic E-state index is 12.9. The number of rotatable bonds is 12. The SMILES string of the molecule is CC(NC(=O)[C@@H](NC(=O)c1cnccn1)C1CCCCC1)C(C)(C)C.CCC.CCN(C(=O)C1CCCN1C=O)C(C)C(=O)C(=O)NC1CC1. The minimum Gasteiger partial charge on any atom is -0.351 e. The molecule has 280 valence electrons. The lowest BCUT2D eigenvalue weighted by atomic mass is 9.82. The fourth-order valence-electron chi connectivity index (χ4n) is 5.82. The first kappa shape index (κ1) is 42.3. The molecule has 13 nitrogen and oxygen atoms in total. The van der Waals surface area contributed by atoms with Gasteiger partial charge in [-0.3, -0.25) is 33.8 Å². The molecular formula is C37H61N7O6. The van der Waals surface area contributed by atoms with Crippen LogP contribution in [-0.2, 0) is 24.0 Å². The van der Waals surface area contributed by atoms with Crippen molar-refractivity contribution in [3.05, 3.63) is 24.3 Å². The van der Waals surface area contributed by atoms with E-state index in [1.54, 1.807) is 13.8 Å². The zero-order valence-corrected chi connectivity index (χ0v) is 31.5. The number of likely N-dealkylation sites (N-methyl/N-ethyl adjacent to an activating group) is 1. The molecule has 0 aromatic carbocycles. The van der Waals surface area contributed by atoms with E-state index in [0.29, 0.717) is 25.9 Å². The van der Waals surface area contributed by atoms with Gasteiger partial charge >= 0.3 is 0 Å². The van der Waals surface area contributed by atoms with Gasteiger partial charge in [-0.1, -0.05) is 60.3 Å². The van der Waals surface area contributed by atoms with E-state index in [-0.39, 0.29) is 46.8 Å². The van der Waals surface area contributed by atoms with E-state index in [2.05, 4.69) is 60.5 Å². The average Bonchev–Trinajstić information content (AvgIpc) is 3.78. The summed E-state index contributed by atoms with van der Waals surface area (Å²) in [5.74, 6) is -1.76. The van der Waals surface area contributed by atoms with Gasteiger partial charge in [-0.05, 0) is 70.6 Å². The van der Waals surface area contributed by atoms with Gasteiger partial charge < -0.3 is 25.8 Å². The maximum Gasteiger partial charge on any atom is 0.289 e. The van der Waals surface area contributed by atoms with Crippen LogP contribution in [0.3, 0.4) is 0 Å². The topological polar surface area (TPSA) is 171 Å². The molecule has 0 bridgehead atoms. The monoisotopic (exact) mass is 699 g/mol. The standard InChI is InChI=1S/C19H30N4O2.C15H23N3O4.C3H8/c1-13(19(2,3)4)22-18(25)16(14-8-6-5-7-9-14)23-17(24)15-12-20-10-11-21-15;1-3-18(15(22)12-5-4-8-17(12)9-19)10(2)13(20)14(21)16-11-6-7-11;1-3-2/h10-14,16H,5-9H2,1-4H3,(H,22,25)(H,23,24);9-12H,3-8H2,1-2H3,(H,16,21);3H2,1-2H3/t13?,16-;;/m0../s1. The lowest BCUT2D eigenvalue weighted by Crippen LogP contribution is -2.55. The molecular weight excluding hydrogens is 638 g/mol. The minimum absolute atomic E-state index is 0.0134. The molecule has 4 atom stereocenters. The van der Waals surface area contributed by atoms with Crippen molar-refractivity contribution in [3.8, 4) is 0 Å². The van der Waals surface area contributed by atoms with Crippen LogP contribution in [0.2, 0.25) is 0 Å². The summed E-state index contributed by atoms with van der Waals surface area (Å²) in [5.41, 5.74) is 0.196. The van der Waals surface area contributed by atoms with Crippen LogP contribution in [-0.4, -0.2) is 98.9 Å². The van der Waals surface area contributed by atoms with Crippen LogP contribution in [0.5, 0.6) is 0 Å². The van der Waals surface area contributed by atoms with E-state index >= 15 is 0 Å². The highest BCUT2D eigenvalue weighted by molar-refractivity contribution is 6.38. The number of Topliss-reactive ketones (excluding diaryl/α,β-unsaturated/α-hetero) is 1. The third kappa shape index (κ3) is 13.1. The summed E-state index contributed by atoms with van der Waals surface area (Å²) in [4.78, 5) is 83.8. The third-order valence-electron chi connectivity index (χ3n) is 9.47. The summed E-state index contributed by atoms with van der Waals surface area (Å²) in [5, 5.41) is 8.64. The van der Waals surface area contributed by atoms with E-state index in [4.69, 9.17) is 0 Å². The molecule has 3 unspecified atom stereocenters. The normalized spacial score (nSPS) is 19.2. The highest BCUT2D eigenvalue weighted by atomic mass is 16.2. The molecule has 3 N–H and O–H groups in total. The Morgan fingerprint density at radius 2 is 1.58 bits per heavy atom. The molecule has 4 rings (SSSR count). The van der Waals surface area contributed by atoms with Gasteiger partial charge in [0.15, 0.2) is 0 Å². The predicted molar refractivity (Wildman–Crippen MR) is 192 cm³/mol. The van der Waals surface area contributed by atoms with Crippen LogP contribution >= 0.6 is 0 Å². The number of likely N-dealkylation sites (tertiary alicyclic amines) is 1. The van der Waals surface area contributed by atoms with E-state index in [0.717, 1.165) is 44.9 Å². The van der Waals surface area contributed by atoms with Crippen LogP contribution < -0.4 is 16.0 Å². The van der Waals surface area contributed by atoms with Gasteiger partial charge in [0.05, 0.1) is 12.2 Å². The van der Waals surface area contributed by atoms with Crippen molar-refractivity contribution in [1.29, 1.82) is 0 Å². The Balaban J connectivity index is 0.000000324. The molecule has 2 aliphatic carbocycles. The lowest BCUT2D eigenvalue weighted by molar-refractivity contribution is -0.147. The van der Waals surface area contributed by atoms with E-state index in [1.165, 1.54) is 41.2 Å². The van der Waals surface area contributed by atoms with Gasteiger partial charge in [-0.15, -0.1) is 0 Å². The minimum atomic E-state index is -0.814. The molecule has 5 amide bonds. The molecule has 2 saturated carbocycles. The number of nitrogens with zero attached hydrogens (tertiary/aromatic N) is 4. The molecule has 1 saturated heterocycles. The maximum atomic E-state index is 12.9. The number of amides is 5. The molecule has 2 heterocycles. The zero-order valence-electron chi connectivity index (χ0n) is 31.5. The van der Waals surface area contributed by atoms with Crippen molar-refractivity contribution in [3.63, 3.8) is 0 Å². The fraction of sp³-hybridized carbons (Fsp3) is 0.730. The highest BCUT2D eigenvalue weighted by Gasteiger charge is 2.38. The first-order valence-corrected chi connectivity index (χ1v) is 18.4. The summed E-state index contributed by atoms with van der Waals surface area (Å²) in [7, 11) is 0. The van der Waals surface area contributed by atoms with Crippen LogP contribution in [0.25, 0.3) is 0 Å². The number of ketones is 1. The Hall–Kier alpha value is -3.90. The molecule has 0 spiro atoms. The second-order valence-electron chi connectivity index (χ2n) is 14.7. The summed E-state index contributed by atoms with van der Waals surface area (Å²) in [6, 6.07) is -1.74. The van der Waals surface area contributed by atoms with Crippen molar-refractivity contribution in [2.75, 3.05) is 13.1 Å². The lowest BCUT2D eigenvalue weighted by Gasteiger charge is -2.33. The van der Waals surface area contributed by atoms with Crippen molar-refractivity contribution in [2.24, 2.45) is 11.3 Å². The first-order chi connectivity index (χ1) is 23.7. The van der Waals surface area contributed by atoms with Gasteiger partial charge in [-0.25, -0.2) is 4.98 Å². The number of nitrogens with one attached hydrogen (secondary N) is 3. The first-order valence-electron chi connectivity index (χ1n) is 18.4. The second-order valence-corrected chi connectivity index (χ2v) is 14.7. The Labute approximate surface area is 298 Å². The van der Waals surface area contributed by atoms with Gasteiger partial charge in [0, 0.05) is 37.6 Å². The predicted octanol–water partition coefficient (Wildman–Crippen LogP) is 3.81. The smallest absolute Gasteiger partial charge is 0.289 e. The van der Waals surface area contributed by atoms with E-state index < -0.39 is 29.8 Å². The van der Waals surface area contributed by atoms with Gasteiger partial charge in [0.25, 0.3) is 11.8 Å². The quantitative estimate of drug-likeness (QED) is 0.218. The van der Waals surface area contributed by atoms with E-state index in [9.17, 15) is 28.8 Å². The van der Waals surface area contributed by atoms with Crippen LogP contribution in [0, 0.1) is 11.3 Å². The summed E-state index contributed by atoms with van der Waals surface area (Å²) in [6.45, 7) is 16.7. The van der Waals surface area contributed by atoms with Crippen molar-refractivity contribution in [1.82, 2.24) is 35.7 Å². The number of hydrogen-bond acceptors (Lipinski definition) is 8. The van der Waals surface area contributed by atoms with Crippen molar-refractivity contribution in [2.45, 2.75) is 150 Å². The largest absolute Gasteiger partial charge is 0.351 e. The number of carbonyl (C=O) groups is 6. The van der Waals surface area contributed by atoms with Gasteiger partial charge in [0.1, 0.15) is 17.8 Å². The van der Waals surface area contributed by atoms with E-state index in [1.807, 2.05) is 6.92 Å². The number of aromatic nitrogens is 2. The second kappa shape index (κ2) is 20.7. The fourth-order valence-corrected chi connectivity index (χ4v) is 5.82. The molecule has 13 heteroatoms. The Bertz CT molecular complexity index is 1260. The highest BCUT2D eigenvalue weighted by Crippen LogP contribution is 2.28. The van der Waals surface area contributed by atoms with Crippen LogP contribution in [0.4, 0.5) is 0 Å². The molecule has 1 aliphatic heterocycles. The van der Waals surface area contributed by atoms with Crippen molar-refractivity contribution >= 4 is 35.8 Å². The number of hydrogen-bond donors (Lipinski definition) is 3. The Morgan fingerprint density at radius 1 is 0.940 bits per heavy atom. The molecule has 3 aliphatic rings. The summed E-state index contributed by atoms with van der Waals surface area (Å²) < 4.78 is 0. The van der Waals surface area contributed by atoms with Gasteiger partial charge in [0.2, 0.25) is 24.0 Å². The number of carbonyl (C=O) groups excluding carboxylic acids is 6. The molecule has 1 aromatic heterocycles. The Morgan fingerprint density at radius 3 is 2.10 bits per heavy atom. The molecule has 1 aromatic rings. The van der Waals surface area contributed by atoms with Gasteiger partial charge in [-0.2, -0.15) is 0 Å². The summed E-state index contributed by atoms with van der Waals surface area (Å²) >= 11 is 0. The summed E-state index contributed by atoms with van der Waals surface area (Å²) in [6.07, 6.45) is 14.8. The van der Waals surface area contributed by atoms with Crippen LogP contribution in [0.1, 0.15) is 130 Å². The molecule has 50 heavy (non-hydrogen) atoms. The zero-order chi connectivity index (χ0) is 37.4. The Kier molecular flexibility index (Phi) is 17.5. The van der Waals surface area contributed by atoms with Crippen molar-refractivity contribution < 1.29 is 28.8 Å². The molecule has 0 radical (unpaired) electrons. The molecule has 3 fully saturated rings. The third-order valence-corrected chi connectivity index (χ3v) is 9.47. The van der Waals surface area contributed by atoms with Crippen LogP contribution in [0.15, 0.2) is 18.6 Å².